The summed E-state index contributed by atoms with van der Waals surface area (Å²) in [5, 5.41) is 23.4. The van der Waals surface area contributed by atoms with E-state index in [-0.39, 0.29) is 18.6 Å². The van der Waals surface area contributed by atoms with Crippen molar-refractivity contribution in [2.45, 2.75) is 37.9 Å². The van der Waals surface area contributed by atoms with Crippen LogP contribution in [0.5, 0.6) is 5.75 Å². The molecular formula is C21H25N3O5. The summed E-state index contributed by atoms with van der Waals surface area (Å²) in [6.07, 6.45) is 0.411. The van der Waals surface area contributed by atoms with Gasteiger partial charge in [0, 0.05) is 6.42 Å². The summed E-state index contributed by atoms with van der Waals surface area (Å²) >= 11 is 0. The summed E-state index contributed by atoms with van der Waals surface area (Å²) in [4.78, 5) is 36.1. The van der Waals surface area contributed by atoms with Crippen LogP contribution in [0.2, 0.25) is 0 Å². The second kappa shape index (κ2) is 10.2. The van der Waals surface area contributed by atoms with E-state index < -0.39 is 35.9 Å². The number of amides is 2. The van der Waals surface area contributed by atoms with Gasteiger partial charge in [-0.2, -0.15) is 0 Å². The van der Waals surface area contributed by atoms with Crippen molar-refractivity contribution in [1.29, 1.82) is 0 Å². The number of carbonyl (C=O) groups excluding carboxylic acids is 2. The number of phenols is 1. The van der Waals surface area contributed by atoms with E-state index in [9.17, 15) is 19.5 Å². The maximum atomic E-state index is 12.6. The van der Waals surface area contributed by atoms with Crippen molar-refractivity contribution >= 4 is 17.8 Å². The molecule has 154 valence electrons. The van der Waals surface area contributed by atoms with E-state index in [0.29, 0.717) is 0 Å². The van der Waals surface area contributed by atoms with Crippen LogP contribution in [0.15, 0.2) is 54.6 Å². The van der Waals surface area contributed by atoms with Crippen LogP contribution >= 0.6 is 0 Å². The zero-order chi connectivity index (χ0) is 21.4. The van der Waals surface area contributed by atoms with Crippen LogP contribution in [-0.4, -0.2) is 46.1 Å². The molecule has 8 heteroatoms. The third kappa shape index (κ3) is 6.93. The molecule has 0 aromatic heterocycles. The Hall–Kier alpha value is -3.39. The number of benzene rings is 2. The lowest BCUT2D eigenvalue weighted by Gasteiger charge is -2.22. The van der Waals surface area contributed by atoms with Gasteiger partial charge in [0.25, 0.3) is 0 Å². The predicted octanol–water partition coefficient (Wildman–Crippen LogP) is 0.579. The molecule has 0 bridgehead atoms. The Morgan fingerprint density at radius 2 is 1.48 bits per heavy atom. The lowest BCUT2D eigenvalue weighted by atomic mass is 10.0. The number of aliphatic carboxylic acids is 1. The molecule has 0 saturated heterocycles. The summed E-state index contributed by atoms with van der Waals surface area (Å²) in [7, 11) is 0. The van der Waals surface area contributed by atoms with Crippen molar-refractivity contribution in [2.75, 3.05) is 0 Å². The average molecular weight is 399 g/mol. The molecule has 2 aromatic rings. The van der Waals surface area contributed by atoms with Crippen LogP contribution in [0.3, 0.4) is 0 Å². The molecule has 0 heterocycles. The van der Waals surface area contributed by atoms with E-state index in [2.05, 4.69) is 10.6 Å². The third-order valence-corrected chi connectivity index (χ3v) is 4.37. The van der Waals surface area contributed by atoms with Crippen molar-refractivity contribution in [3.05, 3.63) is 65.7 Å². The molecule has 2 amide bonds. The van der Waals surface area contributed by atoms with Crippen molar-refractivity contribution < 1.29 is 24.6 Å². The van der Waals surface area contributed by atoms with Crippen molar-refractivity contribution in [1.82, 2.24) is 10.6 Å². The minimum atomic E-state index is -1.17. The highest BCUT2D eigenvalue weighted by atomic mass is 16.4. The lowest BCUT2D eigenvalue weighted by Crippen LogP contribution is -2.55. The summed E-state index contributed by atoms with van der Waals surface area (Å²) in [5.41, 5.74) is 7.54. The minimum Gasteiger partial charge on any atom is -0.508 e. The highest BCUT2D eigenvalue weighted by molar-refractivity contribution is 5.92. The summed E-state index contributed by atoms with van der Waals surface area (Å²) < 4.78 is 0. The Kier molecular flexibility index (Phi) is 7.73. The molecule has 0 aliphatic heterocycles. The standard InChI is InChI=1S/C21H25N3O5/c1-13(21(28)29)23-20(27)18(12-14-5-3-2-4-6-14)24-19(26)17(22)11-15-7-9-16(25)10-8-15/h2-10,13,17-18,25H,11-12,22H2,1H3,(H,23,27)(H,24,26)(H,28,29)/t13-,17-,18+/m1/s1. The predicted molar refractivity (Wildman–Crippen MR) is 107 cm³/mol. The maximum absolute atomic E-state index is 12.6. The zero-order valence-corrected chi connectivity index (χ0v) is 16.0. The Morgan fingerprint density at radius 3 is 2.07 bits per heavy atom. The Labute approximate surface area is 168 Å². The highest BCUT2D eigenvalue weighted by Gasteiger charge is 2.26. The smallest absolute Gasteiger partial charge is 0.325 e. The molecule has 3 atom stereocenters. The number of carboxylic acid groups (broad SMARTS) is 1. The molecular weight excluding hydrogens is 374 g/mol. The lowest BCUT2D eigenvalue weighted by molar-refractivity contribution is -0.141. The van der Waals surface area contributed by atoms with Crippen molar-refractivity contribution in [2.24, 2.45) is 5.73 Å². The Bertz CT molecular complexity index is 839. The monoisotopic (exact) mass is 399 g/mol. The van der Waals surface area contributed by atoms with Crippen LogP contribution in [0.4, 0.5) is 0 Å². The van der Waals surface area contributed by atoms with Crippen LogP contribution in [-0.2, 0) is 27.2 Å². The maximum Gasteiger partial charge on any atom is 0.325 e. The van der Waals surface area contributed by atoms with E-state index in [1.54, 1.807) is 12.1 Å². The molecule has 0 saturated carbocycles. The van der Waals surface area contributed by atoms with Gasteiger partial charge in [-0.1, -0.05) is 42.5 Å². The summed E-state index contributed by atoms with van der Waals surface area (Å²) in [6.45, 7) is 1.35. The number of nitrogens with two attached hydrogens (primary N) is 1. The molecule has 6 N–H and O–H groups in total. The number of rotatable bonds is 9. The van der Waals surface area contributed by atoms with Gasteiger partial charge >= 0.3 is 5.97 Å². The van der Waals surface area contributed by atoms with E-state index in [4.69, 9.17) is 10.8 Å². The first-order valence-corrected chi connectivity index (χ1v) is 9.17. The van der Waals surface area contributed by atoms with Crippen LogP contribution in [0, 0.1) is 0 Å². The van der Waals surface area contributed by atoms with Crippen LogP contribution < -0.4 is 16.4 Å². The van der Waals surface area contributed by atoms with Crippen LogP contribution in [0.1, 0.15) is 18.1 Å². The molecule has 0 radical (unpaired) electrons. The minimum absolute atomic E-state index is 0.110. The fraction of sp³-hybridized carbons (Fsp3) is 0.286. The van der Waals surface area contributed by atoms with Gasteiger partial charge in [0.1, 0.15) is 17.8 Å². The molecule has 29 heavy (non-hydrogen) atoms. The molecule has 0 unspecified atom stereocenters. The molecule has 8 nitrogen and oxygen atoms in total. The van der Waals surface area contributed by atoms with Crippen molar-refractivity contribution in [3.63, 3.8) is 0 Å². The largest absolute Gasteiger partial charge is 0.508 e. The second-order valence-electron chi connectivity index (χ2n) is 6.80. The fourth-order valence-electron chi connectivity index (χ4n) is 2.69. The van der Waals surface area contributed by atoms with Gasteiger partial charge in [-0.15, -0.1) is 0 Å². The number of hydrogen-bond acceptors (Lipinski definition) is 5. The van der Waals surface area contributed by atoms with Gasteiger partial charge < -0.3 is 26.6 Å². The third-order valence-electron chi connectivity index (χ3n) is 4.37. The highest BCUT2D eigenvalue weighted by Crippen LogP contribution is 2.11. The van der Waals surface area contributed by atoms with Crippen molar-refractivity contribution in [3.8, 4) is 5.75 Å². The Morgan fingerprint density at radius 1 is 0.897 bits per heavy atom. The van der Waals surface area contributed by atoms with E-state index in [1.165, 1.54) is 19.1 Å². The Balaban J connectivity index is 2.08. The summed E-state index contributed by atoms with van der Waals surface area (Å²) in [6, 6.07) is 12.4. The first-order chi connectivity index (χ1) is 13.8. The number of carbonyl (C=O) groups is 3. The molecule has 2 rings (SSSR count). The van der Waals surface area contributed by atoms with Crippen LogP contribution in [0.25, 0.3) is 0 Å². The first kappa shape index (κ1) is 21.9. The number of carboxylic acids is 1. The van der Waals surface area contributed by atoms with Gasteiger partial charge in [0.15, 0.2) is 0 Å². The quantitative estimate of drug-likeness (QED) is 0.418. The number of phenolic OH excluding ortho intramolecular Hbond substituents is 1. The topological polar surface area (TPSA) is 142 Å². The van der Waals surface area contributed by atoms with Gasteiger partial charge in [-0.25, -0.2) is 0 Å². The van der Waals surface area contributed by atoms with Gasteiger partial charge in [-0.05, 0) is 36.6 Å². The number of hydrogen-bond donors (Lipinski definition) is 5. The zero-order valence-electron chi connectivity index (χ0n) is 16.0. The van der Waals surface area contributed by atoms with E-state index in [1.807, 2.05) is 30.3 Å². The first-order valence-electron chi connectivity index (χ1n) is 9.17. The molecule has 0 fully saturated rings. The molecule has 0 spiro atoms. The number of nitrogens with one attached hydrogen (secondary N) is 2. The fourth-order valence-corrected chi connectivity index (χ4v) is 2.69. The van der Waals surface area contributed by atoms with Gasteiger partial charge in [0.05, 0.1) is 6.04 Å². The number of aromatic hydroxyl groups is 1. The molecule has 2 aromatic carbocycles. The van der Waals surface area contributed by atoms with Gasteiger partial charge in [-0.3, -0.25) is 14.4 Å². The summed E-state index contributed by atoms with van der Waals surface area (Å²) in [5.74, 6) is -2.20. The molecule has 0 aliphatic rings. The molecule has 0 aliphatic carbocycles. The normalized spacial score (nSPS) is 13.7. The average Bonchev–Trinajstić information content (AvgIpc) is 2.69. The van der Waals surface area contributed by atoms with E-state index in [0.717, 1.165) is 11.1 Å². The second-order valence-corrected chi connectivity index (χ2v) is 6.80. The SMILES string of the molecule is C[C@@H](NC(=O)[C@H](Cc1ccccc1)NC(=O)[C@H](N)Cc1ccc(O)cc1)C(=O)O. The van der Waals surface area contributed by atoms with E-state index >= 15 is 0 Å². The van der Waals surface area contributed by atoms with Gasteiger partial charge in [0.2, 0.25) is 11.8 Å².